The summed E-state index contributed by atoms with van der Waals surface area (Å²) in [4.78, 5) is 22.4. The predicted octanol–water partition coefficient (Wildman–Crippen LogP) is 0.702. The van der Waals surface area contributed by atoms with Gasteiger partial charge in [-0.1, -0.05) is 12.1 Å². The van der Waals surface area contributed by atoms with Crippen LogP contribution in [0.3, 0.4) is 0 Å². The first-order valence-corrected chi connectivity index (χ1v) is 11.0. The summed E-state index contributed by atoms with van der Waals surface area (Å²) >= 11 is 0. The summed E-state index contributed by atoms with van der Waals surface area (Å²) in [6.45, 7) is 9.27. The van der Waals surface area contributed by atoms with Crippen molar-refractivity contribution >= 4 is 17.6 Å². The van der Waals surface area contributed by atoms with Crippen molar-refractivity contribution in [3.05, 3.63) is 42.7 Å². The largest absolute Gasteiger partial charge is 0.506 e. The lowest BCUT2D eigenvalue weighted by atomic mass is 10.2. The van der Waals surface area contributed by atoms with Crippen LogP contribution in [0.1, 0.15) is 0 Å². The van der Waals surface area contributed by atoms with Gasteiger partial charge in [-0.2, -0.15) is 0 Å². The Bertz CT molecular complexity index is 846. The number of nitrogens with zero attached hydrogens (tertiary/aromatic N) is 7. The maximum absolute atomic E-state index is 10.1. The second-order valence-electron chi connectivity index (χ2n) is 7.81. The van der Waals surface area contributed by atoms with Crippen molar-refractivity contribution in [2.24, 2.45) is 4.99 Å². The van der Waals surface area contributed by atoms with Crippen LogP contribution in [0.4, 0.5) is 11.6 Å². The Morgan fingerprint density at radius 3 is 2.29 bits per heavy atom. The molecule has 0 atom stereocenters. The van der Waals surface area contributed by atoms with Crippen LogP contribution in [0, 0.1) is 0 Å². The number of nitrogens with one attached hydrogen (secondary N) is 1. The van der Waals surface area contributed by atoms with Crippen molar-refractivity contribution in [1.29, 1.82) is 0 Å². The highest BCUT2D eigenvalue weighted by molar-refractivity contribution is 5.80. The van der Waals surface area contributed by atoms with Gasteiger partial charge in [0.25, 0.3) is 0 Å². The molecule has 31 heavy (non-hydrogen) atoms. The first kappa shape index (κ1) is 21.2. The van der Waals surface area contributed by atoms with E-state index in [9.17, 15) is 5.11 Å². The molecule has 2 N–H and O–H groups in total. The minimum atomic E-state index is 0.345. The van der Waals surface area contributed by atoms with Crippen molar-refractivity contribution in [2.45, 2.75) is 0 Å². The van der Waals surface area contributed by atoms with E-state index in [0.29, 0.717) is 5.75 Å². The predicted molar refractivity (Wildman–Crippen MR) is 124 cm³/mol. The normalized spacial score (nSPS) is 18.4. The molecule has 0 radical (unpaired) electrons. The van der Waals surface area contributed by atoms with Crippen LogP contribution in [0.5, 0.6) is 5.75 Å². The van der Waals surface area contributed by atoms with Gasteiger partial charge in [-0.15, -0.1) is 0 Å². The lowest BCUT2D eigenvalue weighted by Gasteiger charge is -2.38. The SMILES string of the molecule is CN=C(NCCN1CCN(c2ncccn2)CC1)N1CCN(c2ccccc2O)CC1. The minimum absolute atomic E-state index is 0.345. The molecular weight excluding hydrogens is 392 g/mol. The van der Waals surface area contributed by atoms with Gasteiger partial charge in [-0.3, -0.25) is 9.89 Å². The molecule has 2 aliphatic rings. The molecule has 1 aromatic heterocycles. The third kappa shape index (κ3) is 5.35. The van der Waals surface area contributed by atoms with Crippen LogP contribution < -0.4 is 15.1 Å². The Balaban J connectivity index is 1.18. The van der Waals surface area contributed by atoms with Gasteiger partial charge in [0.1, 0.15) is 5.75 Å². The molecule has 166 valence electrons. The molecule has 2 saturated heterocycles. The number of aliphatic imine (C=N–C) groups is 1. The summed E-state index contributed by atoms with van der Waals surface area (Å²) in [7, 11) is 1.84. The molecule has 0 bridgehead atoms. The minimum Gasteiger partial charge on any atom is -0.506 e. The first-order chi connectivity index (χ1) is 15.2. The Morgan fingerprint density at radius 1 is 0.935 bits per heavy atom. The second kappa shape index (κ2) is 10.3. The molecule has 4 rings (SSSR count). The number of para-hydroxylation sites is 2. The quantitative estimate of drug-likeness (QED) is 0.536. The summed E-state index contributed by atoms with van der Waals surface area (Å²) < 4.78 is 0. The summed E-state index contributed by atoms with van der Waals surface area (Å²) in [5.74, 6) is 2.12. The summed E-state index contributed by atoms with van der Waals surface area (Å²) in [5.41, 5.74) is 0.908. The number of hydrogen-bond donors (Lipinski definition) is 2. The highest BCUT2D eigenvalue weighted by atomic mass is 16.3. The van der Waals surface area contributed by atoms with Crippen LogP contribution in [0.2, 0.25) is 0 Å². The monoisotopic (exact) mass is 424 g/mol. The van der Waals surface area contributed by atoms with Crippen LogP contribution in [0.15, 0.2) is 47.7 Å². The highest BCUT2D eigenvalue weighted by Crippen LogP contribution is 2.27. The molecule has 0 amide bonds. The standard InChI is InChI=1S/C22H32N8O/c1-23-21(29-17-15-28(16-18-29)19-5-2-3-6-20(19)31)26-9-10-27-11-13-30(14-12-27)22-24-7-4-8-25-22/h2-8,31H,9-18H2,1H3,(H,23,26). The fraction of sp³-hybridized carbons (Fsp3) is 0.500. The Kier molecular flexibility index (Phi) is 7.03. The molecule has 0 aliphatic carbocycles. The zero-order chi connectivity index (χ0) is 21.5. The van der Waals surface area contributed by atoms with Crippen molar-refractivity contribution in [3.8, 4) is 5.75 Å². The van der Waals surface area contributed by atoms with E-state index in [1.165, 1.54) is 0 Å². The van der Waals surface area contributed by atoms with Crippen molar-refractivity contribution in [3.63, 3.8) is 0 Å². The maximum atomic E-state index is 10.1. The molecule has 9 heteroatoms. The maximum Gasteiger partial charge on any atom is 0.225 e. The average molecular weight is 425 g/mol. The van der Waals surface area contributed by atoms with Gasteiger partial charge >= 0.3 is 0 Å². The van der Waals surface area contributed by atoms with Gasteiger partial charge in [0.15, 0.2) is 5.96 Å². The number of phenols is 1. The number of benzene rings is 1. The van der Waals surface area contributed by atoms with Crippen LogP contribution >= 0.6 is 0 Å². The molecule has 1 aromatic carbocycles. The summed E-state index contributed by atoms with van der Waals surface area (Å²) in [5, 5.41) is 13.6. The fourth-order valence-corrected chi connectivity index (χ4v) is 4.17. The number of anilines is 2. The van der Waals surface area contributed by atoms with E-state index in [1.807, 2.05) is 31.3 Å². The zero-order valence-electron chi connectivity index (χ0n) is 18.2. The lowest BCUT2D eigenvalue weighted by molar-refractivity contribution is 0.258. The second-order valence-corrected chi connectivity index (χ2v) is 7.81. The smallest absolute Gasteiger partial charge is 0.225 e. The molecule has 0 spiro atoms. The summed E-state index contributed by atoms with van der Waals surface area (Å²) in [6, 6.07) is 9.39. The van der Waals surface area contributed by atoms with Crippen molar-refractivity contribution < 1.29 is 5.11 Å². The Morgan fingerprint density at radius 2 is 1.61 bits per heavy atom. The van der Waals surface area contributed by atoms with E-state index in [0.717, 1.165) is 83.0 Å². The molecule has 9 nitrogen and oxygen atoms in total. The third-order valence-corrected chi connectivity index (χ3v) is 5.93. The number of aromatic nitrogens is 2. The van der Waals surface area contributed by atoms with E-state index in [1.54, 1.807) is 18.5 Å². The number of aromatic hydroxyl groups is 1. The van der Waals surface area contributed by atoms with E-state index in [4.69, 9.17) is 0 Å². The van der Waals surface area contributed by atoms with Gasteiger partial charge in [-0.05, 0) is 18.2 Å². The highest BCUT2D eigenvalue weighted by Gasteiger charge is 2.22. The molecule has 2 aromatic rings. The number of piperazine rings is 2. The number of guanidine groups is 1. The number of hydrogen-bond acceptors (Lipinski definition) is 7. The summed E-state index contributed by atoms with van der Waals surface area (Å²) in [6.07, 6.45) is 3.60. The van der Waals surface area contributed by atoms with E-state index < -0.39 is 0 Å². The van der Waals surface area contributed by atoms with E-state index >= 15 is 0 Å². The molecular formula is C22H32N8O. The van der Waals surface area contributed by atoms with Crippen molar-refractivity contribution in [1.82, 2.24) is 25.1 Å². The van der Waals surface area contributed by atoms with Crippen LogP contribution in [-0.4, -0.2) is 103 Å². The molecule has 2 aliphatic heterocycles. The molecule has 2 fully saturated rings. The average Bonchev–Trinajstić information content (AvgIpc) is 2.83. The third-order valence-electron chi connectivity index (χ3n) is 5.93. The van der Waals surface area contributed by atoms with Gasteiger partial charge in [0, 0.05) is 84.9 Å². The number of rotatable bonds is 5. The van der Waals surface area contributed by atoms with E-state index in [2.05, 4.69) is 39.9 Å². The first-order valence-electron chi connectivity index (χ1n) is 11.0. The van der Waals surface area contributed by atoms with Crippen LogP contribution in [-0.2, 0) is 0 Å². The molecule has 3 heterocycles. The molecule has 0 saturated carbocycles. The number of phenolic OH excluding ortho intramolecular Hbond substituents is 1. The Labute approximate surface area is 184 Å². The molecule has 0 unspecified atom stereocenters. The fourth-order valence-electron chi connectivity index (χ4n) is 4.17. The van der Waals surface area contributed by atoms with Crippen molar-refractivity contribution in [2.75, 3.05) is 82.3 Å². The van der Waals surface area contributed by atoms with E-state index in [-0.39, 0.29) is 0 Å². The van der Waals surface area contributed by atoms with Gasteiger partial charge < -0.3 is 25.1 Å². The van der Waals surface area contributed by atoms with Crippen LogP contribution in [0.25, 0.3) is 0 Å². The topological polar surface area (TPSA) is 83.4 Å². The van der Waals surface area contributed by atoms with Gasteiger partial charge in [0.05, 0.1) is 5.69 Å². The lowest BCUT2D eigenvalue weighted by Crippen LogP contribution is -2.54. The Hall–Kier alpha value is -3.07. The van der Waals surface area contributed by atoms with Gasteiger partial charge in [-0.25, -0.2) is 9.97 Å². The van der Waals surface area contributed by atoms with Gasteiger partial charge in [0.2, 0.25) is 5.95 Å². The zero-order valence-corrected chi connectivity index (χ0v) is 18.2.